The molecular formula is C14H31N3. The van der Waals surface area contributed by atoms with E-state index in [-0.39, 0.29) is 5.54 Å². The van der Waals surface area contributed by atoms with Gasteiger partial charge < -0.3 is 15.1 Å². The largest absolute Gasteiger partial charge is 0.311 e. The third kappa shape index (κ3) is 5.84. The highest BCUT2D eigenvalue weighted by Gasteiger charge is 2.22. The van der Waals surface area contributed by atoms with Gasteiger partial charge in [0.05, 0.1) is 0 Å². The molecule has 1 rings (SSSR count). The van der Waals surface area contributed by atoms with E-state index in [2.05, 4.69) is 56.9 Å². The monoisotopic (exact) mass is 241 g/mol. The standard InChI is InChI=1S/C14H31N3/c1-12(9-15-14(2,3)4)17(6)11-13-7-8-16(5)10-13/h12-13,15H,7-11H2,1-6H3. The lowest BCUT2D eigenvalue weighted by Crippen LogP contribution is -2.46. The van der Waals surface area contributed by atoms with E-state index < -0.39 is 0 Å². The van der Waals surface area contributed by atoms with Gasteiger partial charge in [-0.2, -0.15) is 0 Å². The molecule has 1 aliphatic heterocycles. The Morgan fingerprint density at radius 3 is 2.53 bits per heavy atom. The summed E-state index contributed by atoms with van der Waals surface area (Å²) in [7, 11) is 4.48. The molecule has 1 saturated heterocycles. The van der Waals surface area contributed by atoms with Crippen LogP contribution in [0.4, 0.5) is 0 Å². The molecule has 0 spiro atoms. The topological polar surface area (TPSA) is 18.5 Å². The minimum absolute atomic E-state index is 0.225. The zero-order valence-corrected chi connectivity index (χ0v) is 12.6. The molecule has 0 aromatic rings. The minimum Gasteiger partial charge on any atom is -0.311 e. The van der Waals surface area contributed by atoms with Crippen molar-refractivity contribution >= 4 is 0 Å². The van der Waals surface area contributed by atoms with Crippen molar-refractivity contribution < 1.29 is 0 Å². The van der Waals surface area contributed by atoms with Crippen molar-refractivity contribution in [2.75, 3.05) is 40.3 Å². The second-order valence-electron chi connectivity index (χ2n) is 6.84. The fraction of sp³-hybridized carbons (Fsp3) is 1.00. The van der Waals surface area contributed by atoms with Gasteiger partial charge in [0.2, 0.25) is 0 Å². The maximum Gasteiger partial charge on any atom is 0.0189 e. The summed E-state index contributed by atoms with van der Waals surface area (Å²) in [6, 6.07) is 0.611. The Bertz CT molecular complexity index is 222. The molecule has 1 N–H and O–H groups in total. The van der Waals surface area contributed by atoms with Crippen molar-refractivity contribution in [2.24, 2.45) is 5.92 Å². The number of hydrogen-bond donors (Lipinski definition) is 1. The van der Waals surface area contributed by atoms with Crippen LogP contribution in [0, 0.1) is 5.92 Å². The normalized spacial score (nSPS) is 24.5. The van der Waals surface area contributed by atoms with E-state index in [0.717, 1.165) is 12.5 Å². The Balaban J connectivity index is 2.24. The Kier molecular flexibility index (Phi) is 5.42. The fourth-order valence-corrected chi connectivity index (χ4v) is 2.37. The van der Waals surface area contributed by atoms with Crippen molar-refractivity contribution in [1.29, 1.82) is 0 Å². The molecule has 3 nitrogen and oxygen atoms in total. The summed E-state index contributed by atoms with van der Waals surface area (Å²) in [4.78, 5) is 4.94. The van der Waals surface area contributed by atoms with Gasteiger partial charge in [-0.05, 0) is 60.7 Å². The number of hydrogen-bond acceptors (Lipinski definition) is 3. The van der Waals surface area contributed by atoms with Crippen LogP contribution < -0.4 is 5.32 Å². The molecule has 2 unspecified atom stereocenters. The zero-order chi connectivity index (χ0) is 13.1. The van der Waals surface area contributed by atoms with Crippen molar-refractivity contribution in [3.63, 3.8) is 0 Å². The smallest absolute Gasteiger partial charge is 0.0189 e. The Morgan fingerprint density at radius 2 is 2.06 bits per heavy atom. The molecule has 0 aromatic carbocycles. The molecule has 0 amide bonds. The Morgan fingerprint density at radius 1 is 1.41 bits per heavy atom. The van der Waals surface area contributed by atoms with Crippen LogP contribution in [0.25, 0.3) is 0 Å². The minimum atomic E-state index is 0.225. The highest BCUT2D eigenvalue weighted by Crippen LogP contribution is 2.16. The van der Waals surface area contributed by atoms with E-state index >= 15 is 0 Å². The summed E-state index contributed by atoms with van der Waals surface area (Å²) in [5.74, 6) is 0.863. The fourth-order valence-electron chi connectivity index (χ4n) is 2.37. The lowest BCUT2D eigenvalue weighted by atomic mass is 10.1. The highest BCUT2D eigenvalue weighted by atomic mass is 15.2. The summed E-state index contributed by atoms with van der Waals surface area (Å²) in [5.41, 5.74) is 0.225. The van der Waals surface area contributed by atoms with Crippen molar-refractivity contribution in [2.45, 2.75) is 45.7 Å². The molecule has 2 atom stereocenters. The molecule has 1 heterocycles. The van der Waals surface area contributed by atoms with E-state index in [4.69, 9.17) is 0 Å². The van der Waals surface area contributed by atoms with Crippen LogP contribution in [0.3, 0.4) is 0 Å². The van der Waals surface area contributed by atoms with Gasteiger partial charge in [0.1, 0.15) is 0 Å². The molecular weight excluding hydrogens is 210 g/mol. The third-order valence-corrected chi connectivity index (χ3v) is 3.72. The first-order valence-electron chi connectivity index (χ1n) is 6.92. The molecule has 0 saturated carbocycles. The second kappa shape index (κ2) is 6.17. The Labute approximate surface area is 108 Å². The van der Waals surface area contributed by atoms with Gasteiger partial charge in [-0.25, -0.2) is 0 Å². The molecule has 0 radical (unpaired) electrons. The van der Waals surface area contributed by atoms with Gasteiger partial charge in [-0.15, -0.1) is 0 Å². The van der Waals surface area contributed by atoms with Gasteiger partial charge >= 0.3 is 0 Å². The summed E-state index contributed by atoms with van der Waals surface area (Å²) < 4.78 is 0. The summed E-state index contributed by atoms with van der Waals surface area (Å²) in [6.45, 7) is 13.8. The molecule has 0 aliphatic carbocycles. The maximum atomic E-state index is 3.58. The first kappa shape index (κ1) is 14.9. The number of likely N-dealkylation sites (N-methyl/N-ethyl adjacent to an activating group) is 1. The highest BCUT2D eigenvalue weighted by molar-refractivity contribution is 4.79. The average molecular weight is 241 g/mol. The van der Waals surface area contributed by atoms with Crippen LogP contribution in [0.1, 0.15) is 34.1 Å². The van der Waals surface area contributed by atoms with Crippen molar-refractivity contribution in [3.8, 4) is 0 Å². The first-order chi connectivity index (χ1) is 7.78. The van der Waals surface area contributed by atoms with Gasteiger partial charge in [0.15, 0.2) is 0 Å². The maximum absolute atomic E-state index is 3.58. The van der Waals surface area contributed by atoms with Crippen LogP contribution in [0.2, 0.25) is 0 Å². The van der Waals surface area contributed by atoms with Gasteiger partial charge in [0, 0.05) is 31.2 Å². The molecule has 0 bridgehead atoms. The molecule has 0 aromatic heterocycles. The van der Waals surface area contributed by atoms with E-state index in [1.807, 2.05) is 0 Å². The summed E-state index contributed by atoms with van der Waals surface area (Å²) in [6.07, 6.45) is 1.36. The number of nitrogens with zero attached hydrogens (tertiary/aromatic N) is 2. The quantitative estimate of drug-likeness (QED) is 0.789. The van der Waals surface area contributed by atoms with E-state index in [1.54, 1.807) is 0 Å². The molecule has 102 valence electrons. The molecule has 1 aliphatic rings. The number of rotatable bonds is 5. The SMILES string of the molecule is CC(CNC(C)(C)C)N(C)CC1CCN(C)C1. The van der Waals surface area contributed by atoms with Crippen molar-refractivity contribution in [1.82, 2.24) is 15.1 Å². The van der Waals surface area contributed by atoms with Gasteiger partial charge in [0.25, 0.3) is 0 Å². The second-order valence-corrected chi connectivity index (χ2v) is 6.84. The van der Waals surface area contributed by atoms with Crippen LogP contribution in [0.15, 0.2) is 0 Å². The molecule has 1 fully saturated rings. The number of likely N-dealkylation sites (tertiary alicyclic amines) is 1. The summed E-state index contributed by atoms with van der Waals surface area (Å²) in [5, 5.41) is 3.58. The predicted octanol–water partition coefficient (Wildman–Crippen LogP) is 1.65. The van der Waals surface area contributed by atoms with E-state index in [1.165, 1.54) is 26.1 Å². The molecule has 17 heavy (non-hydrogen) atoms. The van der Waals surface area contributed by atoms with Crippen LogP contribution in [-0.4, -0.2) is 61.7 Å². The third-order valence-electron chi connectivity index (χ3n) is 3.72. The van der Waals surface area contributed by atoms with Gasteiger partial charge in [-0.3, -0.25) is 0 Å². The van der Waals surface area contributed by atoms with Crippen molar-refractivity contribution in [3.05, 3.63) is 0 Å². The van der Waals surface area contributed by atoms with Gasteiger partial charge in [-0.1, -0.05) is 0 Å². The predicted molar refractivity (Wildman–Crippen MR) is 75.5 cm³/mol. The summed E-state index contributed by atoms with van der Waals surface area (Å²) >= 11 is 0. The zero-order valence-electron chi connectivity index (χ0n) is 12.6. The van der Waals surface area contributed by atoms with E-state index in [9.17, 15) is 0 Å². The first-order valence-corrected chi connectivity index (χ1v) is 6.92. The molecule has 3 heteroatoms. The van der Waals surface area contributed by atoms with Crippen LogP contribution in [0.5, 0.6) is 0 Å². The average Bonchev–Trinajstić information content (AvgIpc) is 2.59. The lowest BCUT2D eigenvalue weighted by Gasteiger charge is -2.30. The Hall–Kier alpha value is -0.120. The number of nitrogens with one attached hydrogen (secondary N) is 1. The van der Waals surface area contributed by atoms with E-state index in [0.29, 0.717) is 6.04 Å². The lowest BCUT2D eigenvalue weighted by molar-refractivity contribution is 0.204. The van der Waals surface area contributed by atoms with Crippen LogP contribution >= 0.6 is 0 Å². The van der Waals surface area contributed by atoms with Crippen LogP contribution in [-0.2, 0) is 0 Å².